The van der Waals surface area contributed by atoms with Gasteiger partial charge in [-0.2, -0.15) is 0 Å². The van der Waals surface area contributed by atoms with Crippen LogP contribution in [-0.4, -0.2) is 36.8 Å². The van der Waals surface area contributed by atoms with Crippen LogP contribution in [0.3, 0.4) is 0 Å². The molecule has 0 radical (unpaired) electrons. The Morgan fingerprint density at radius 3 is 2.65 bits per heavy atom. The molecule has 0 aromatic rings. The summed E-state index contributed by atoms with van der Waals surface area (Å²) in [4.78, 5) is 12.0. The molecule has 0 bridgehead atoms. The van der Waals surface area contributed by atoms with Gasteiger partial charge < -0.3 is 15.7 Å². The van der Waals surface area contributed by atoms with Crippen LogP contribution in [0.4, 0.5) is 0 Å². The average molecular weight is 240 g/mol. The second-order valence-electron chi connectivity index (χ2n) is 5.59. The summed E-state index contributed by atoms with van der Waals surface area (Å²) >= 11 is 0. The lowest BCUT2D eigenvalue weighted by Gasteiger charge is -2.29. The molecule has 0 spiro atoms. The fourth-order valence-electron chi connectivity index (χ4n) is 2.99. The van der Waals surface area contributed by atoms with Crippen molar-refractivity contribution in [2.24, 2.45) is 5.41 Å². The molecule has 1 aliphatic heterocycles. The molecule has 2 rings (SSSR count). The quantitative estimate of drug-likeness (QED) is 0.681. The van der Waals surface area contributed by atoms with E-state index in [1.54, 1.807) is 0 Å². The van der Waals surface area contributed by atoms with Crippen molar-refractivity contribution < 1.29 is 9.90 Å². The Kier molecular flexibility index (Phi) is 4.40. The van der Waals surface area contributed by atoms with Gasteiger partial charge in [0, 0.05) is 12.0 Å². The van der Waals surface area contributed by atoms with Gasteiger partial charge in [-0.05, 0) is 32.2 Å². The third kappa shape index (κ3) is 3.19. The summed E-state index contributed by atoms with van der Waals surface area (Å²) in [5.41, 5.74) is -0.0374. The van der Waals surface area contributed by atoms with Gasteiger partial charge in [0.1, 0.15) is 0 Å². The van der Waals surface area contributed by atoms with Crippen LogP contribution < -0.4 is 10.6 Å². The SMILES string of the molecule is O=C(NCC1(CO)CCCC1)C1CCCCN1. The van der Waals surface area contributed by atoms with Gasteiger partial charge in [0.15, 0.2) is 0 Å². The van der Waals surface area contributed by atoms with Crippen LogP contribution in [0, 0.1) is 5.41 Å². The van der Waals surface area contributed by atoms with E-state index >= 15 is 0 Å². The molecule has 4 nitrogen and oxygen atoms in total. The second kappa shape index (κ2) is 5.83. The lowest BCUT2D eigenvalue weighted by Crippen LogP contribution is -2.49. The number of rotatable bonds is 4. The predicted octanol–water partition coefficient (Wildman–Crippen LogP) is 0.797. The van der Waals surface area contributed by atoms with E-state index in [0.29, 0.717) is 6.54 Å². The first-order valence-electron chi connectivity index (χ1n) is 6.88. The molecule has 0 aromatic carbocycles. The van der Waals surface area contributed by atoms with Gasteiger partial charge in [-0.25, -0.2) is 0 Å². The number of carbonyl (C=O) groups excluding carboxylic acids is 1. The fourth-order valence-corrected chi connectivity index (χ4v) is 2.99. The monoisotopic (exact) mass is 240 g/mol. The Hall–Kier alpha value is -0.610. The van der Waals surface area contributed by atoms with E-state index in [2.05, 4.69) is 10.6 Å². The fraction of sp³-hybridized carbons (Fsp3) is 0.923. The molecular weight excluding hydrogens is 216 g/mol. The first-order valence-corrected chi connectivity index (χ1v) is 6.88. The summed E-state index contributed by atoms with van der Waals surface area (Å²) in [6, 6.07) is -0.0131. The molecular formula is C13H24N2O2. The van der Waals surface area contributed by atoms with Gasteiger partial charge in [-0.15, -0.1) is 0 Å². The maximum atomic E-state index is 12.0. The van der Waals surface area contributed by atoms with Gasteiger partial charge >= 0.3 is 0 Å². The number of hydrogen-bond acceptors (Lipinski definition) is 3. The zero-order valence-corrected chi connectivity index (χ0v) is 10.5. The normalized spacial score (nSPS) is 27.9. The number of carbonyl (C=O) groups is 1. The summed E-state index contributed by atoms with van der Waals surface area (Å²) in [6.07, 6.45) is 7.69. The van der Waals surface area contributed by atoms with Gasteiger partial charge in [-0.1, -0.05) is 19.3 Å². The first-order chi connectivity index (χ1) is 8.26. The summed E-state index contributed by atoms with van der Waals surface area (Å²) in [5, 5.41) is 15.7. The second-order valence-corrected chi connectivity index (χ2v) is 5.59. The molecule has 0 aromatic heterocycles. The van der Waals surface area contributed by atoms with E-state index in [-0.39, 0.29) is 24.0 Å². The van der Waals surface area contributed by atoms with Crippen molar-refractivity contribution in [1.82, 2.24) is 10.6 Å². The summed E-state index contributed by atoms with van der Waals surface area (Å²) in [6.45, 7) is 1.79. The molecule has 1 atom stereocenters. The van der Waals surface area contributed by atoms with Gasteiger partial charge in [0.25, 0.3) is 0 Å². The van der Waals surface area contributed by atoms with Crippen molar-refractivity contribution in [2.75, 3.05) is 19.7 Å². The van der Waals surface area contributed by atoms with Crippen molar-refractivity contribution >= 4 is 5.91 Å². The summed E-state index contributed by atoms with van der Waals surface area (Å²) in [5.74, 6) is 0.115. The molecule has 98 valence electrons. The topological polar surface area (TPSA) is 61.4 Å². The predicted molar refractivity (Wildman–Crippen MR) is 66.6 cm³/mol. The highest BCUT2D eigenvalue weighted by atomic mass is 16.3. The highest BCUT2D eigenvalue weighted by Crippen LogP contribution is 2.36. The van der Waals surface area contributed by atoms with Crippen molar-refractivity contribution in [2.45, 2.75) is 51.0 Å². The zero-order valence-electron chi connectivity index (χ0n) is 10.5. The van der Waals surface area contributed by atoms with Crippen molar-refractivity contribution in [1.29, 1.82) is 0 Å². The Labute approximate surface area is 103 Å². The number of piperidine rings is 1. The summed E-state index contributed by atoms with van der Waals surface area (Å²) in [7, 11) is 0. The molecule has 1 saturated heterocycles. The molecule has 1 saturated carbocycles. The third-order valence-electron chi connectivity index (χ3n) is 4.26. The number of aliphatic hydroxyl groups is 1. The Balaban J connectivity index is 1.78. The van der Waals surface area contributed by atoms with Crippen LogP contribution in [0.2, 0.25) is 0 Å². The van der Waals surface area contributed by atoms with Crippen LogP contribution >= 0.6 is 0 Å². The minimum absolute atomic E-state index is 0.0131. The maximum absolute atomic E-state index is 12.0. The van der Waals surface area contributed by atoms with Gasteiger partial charge in [0.2, 0.25) is 5.91 Å². The Morgan fingerprint density at radius 1 is 1.29 bits per heavy atom. The average Bonchev–Trinajstić information content (AvgIpc) is 2.86. The number of amides is 1. The molecule has 1 heterocycles. The number of hydrogen-bond donors (Lipinski definition) is 3. The third-order valence-corrected chi connectivity index (χ3v) is 4.26. The molecule has 17 heavy (non-hydrogen) atoms. The molecule has 1 unspecified atom stereocenters. The lowest BCUT2D eigenvalue weighted by atomic mass is 9.87. The van der Waals surface area contributed by atoms with Crippen LogP contribution in [0.1, 0.15) is 44.9 Å². The number of aliphatic hydroxyl groups excluding tert-OH is 1. The largest absolute Gasteiger partial charge is 0.396 e. The number of nitrogens with one attached hydrogen (secondary N) is 2. The van der Waals surface area contributed by atoms with Crippen LogP contribution in [0.25, 0.3) is 0 Å². The first kappa shape index (κ1) is 12.8. The van der Waals surface area contributed by atoms with E-state index in [0.717, 1.165) is 32.2 Å². The van der Waals surface area contributed by atoms with E-state index in [1.165, 1.54) is 19.3 Å². The van der Waals surface area contributed by atoms with E-state index in [9.17, 15) is 9.90 Å². The highest BCUT2D eigenvalue weighted by molar-refractivity contribution is 5.81. The van der Waals surface area contributed by atoms with E-state index in [4.69, 9.17) is 0 Å². The van der Waals surface area contributed by atoms with Crippen LogP contribution in [0.15, 0.2) is 0 Å². The molecule has 4 heteroatoms. The van der Waals surface area contributed by atoms with E-state index in [1.807, 2.05) is 0 Å². The highest BCUT2D eigenvalue weighted by Gasteiger charge is 2.34. The van der Waals surface area contributed by atoms with Gasteiger partial charge in [-0.3, -0.25) is 4.79 Å². The molecule has 3 N–H and O–H groups in total. The Morgan fingerprint density at radius 2 is 2.06 bits per heavy atom. The molecule has 2 aliphatic rings. The summed E-state index contributed by atoms with van der Waals surface area (Å²) < 4.78 is 0. The van der Waals surface area contributed by atoms with Crippen LogP contribution in [-0.2, 0) is 4.79 Å². The van der Waals surface area contributed by atoms with E-state index < -0.39 is 0 Å². The van der Waals surface area contributed by atoms with Crippen LogP contribution in [0.5, 0.6) is 0 Å². The smallest absolute Gasteiger partial charge is 0.237 e. The standard InChI is InChI=1S/C13H24N2O2/c16-10-13(6-2-3-7-13)9-15-12(17)11-5-1-4-8-14-11/h11,14,16H,1-10H2,(H,15,17). The maximum Gasteiger partial charge on any atom is 0.237 e. The minimum Gasteiger partial charge on any atom is -0.396 e. The van der Waals surface area contributed by atoms with Crippen molar-refractivity contribution in [3.63, 3.8) is 0 Å². The Bertz CT molecular complexity index is 256. The lowest BCUT2D eigenvalue weighted by molar-refractivity contribution is -0.124. The zero-order chi connectivity index (χ0) is 12.1. The molecule has 2 fully saturated rings. The minimum atomic E-state index is -0.0374. The molecule has 1 aliphatic carbocycles. The van der Waals surface area contributed by atoms with Crippen molar-refractivity contribution in [3.8, 4) is 0 Å². The van der Waals surface area contributed by atoms with Gasteiger partial charge in [0.05, 0.1) is 12.6 Å². The van der Waals surface area contributed by atoms with Crippen molar-refractivity contribution in [3.05, 3.63) is 0 Å². The molecule has 1 amide bonds.